The first-order chi connectivity index (χ1) is 9.42. The Hall–Kier alpha value is -2.90. The van der Waals surface area contributed by atoms with Crippen molar-refractivity contribution in [1.29, 1.82) is 0 Å². The Bertz CT molecular complexity index is 564. The minimum absolute atomic E-state index is 0.110. The van der Waals surface area contributed by atoms with E-state index in [1.54, 1.807) is 0 Å². The number of aliphatic imine (C=N–C) groups is 1. The minimum Gasteiger partial charge on any atom is -0.370 e. The number of rotatable bonds is 5. The maximum absolute atomic E-state index is 11.8. The summed E-state index contributed by atoms with van der Waals surface area (Å²) < 4.78 is 0. The highest BCUT2D eigenvalue weighted by Gasteiger charge is 2.09. The molecule has 0 aliphatic rings. The van der Waals surface area contributed by atoms with E-state index in [-0.39, 0.29) is 24.0 Å². The monoisotopic (exact) mass is 277 g/mol. The van der Waals surface area contributed by atoms with Gasteiger partial charge in [-0.1, -0.05) is 0 Å². The third-order valence-electron chi connectivity index (χ3n) is 2.10. The van der Waals surface area contributed by atoms with Crippen LogP contribution in [0.5, 0.6) is 0 Å². The highest BCUT2D eigenvalue weighted by Crippen LogP contribution is 2.21. The van der Waals surface area contributed by atoms with E-state index in [0.29, 0.717) is 17.7 Å². The van der Waals surface area contributed by atoms with Crippen LogP contribution in [0.4, 0.5) is 11.4 Å². The highest BCUT2D eigenvalue weighted by atomic mass is 16.2. The molecule has 0 saturated carbocycles. The van der Waals surface area contributed by atoms with Crippen molar-refractivity contribution in [3.8, 4) is 0 Å². The molecule has 1 aromatic rings. The molecule has 0 unspecified atom stereocenters. The van der Waals surface area contributed by atoms with Gasteiger partial charge >= 0.3 is 0 Å². The highest BCUT2D eigenvalue weighted by molar-refractivity contribution is 5.99. The van der Waals surface area contributed by atoms with Crippen LogP contribution in [-0.4, -0.2) is 30.6 Å². The Kier molecular flexibility index (Phi) is 5.21. The SMILES string of the molecule is CC(=O)Nc1cc(N=C(N)N)cc(C(=O)NCC=O)c1. The van der Waals surface area contributed by atoms with Crippen LogP contribution in [0.1, 0.15) is 17.3 Å². The van der Waals surface area contributed by atoms with E-state index in [1.807, 2.05) is 0 Å². The van der Waals surface area contributed by atoms with Gasteiger partial charge in [0.1, 0.15) is 6.29 Å². The predicted molar refractivity (Wildman–Crippen MR) is 74.6 cm³/mol. The number of nitrogens with two attached hydrogens (primary N) is 2. The van der Waals surface area contributed by atoms with E-state index in [4.69, 9.17) is 11.5 Å². The van der Waals surface area contributed by atoms with Gasteiger partial charge in [0.25, 0.3) is 5.91 Å². The van der Waals surface area contributed by atoms with Gasteiger partial charge in [0.2, 0.25) is 5.91 Å². The number of nitrogens with zero attached hydrogens (tertiary/aromatic N) is 1. The molecule has 1 aromatic carbocycles. The number of carbonyl (C=O) groups excluding carboxylic acids is 3. The van der Waals surface area contributed by atoms with Gasteiger partial charge in [-0.2, -0.15) is 0 Å². The van der Waals surface area contributed by atoms with Gasteiger partial charge in [0.05, 0.1) is 12.2 Å². The maximum Gasteiger partial charge on any atom is 0.251 e. The third kappa shape index (κ3) is 4.77. The Morgan fingerprint density at radius 2 is 2.00 bits per heavy atom. The Morgan fingerprint density at radius 3 is 2.55 bits per heavy atom. The molecular weight excluding hydrogens is 262 g/mol. The van der Waals surface area contributed by atoms with Gasteiger partial charge in [-0.15, -0.1) is 0 Å². The number of benzene rings is 1. The molecule has 0 aromatic heterocycles. The van der Waals surface area contributed by atoms with E-state index in [2.05, 4.69) is 15.6 Å². The molecule has 8 heteroatoms. The number of hydrogen-bond donors (Lipinski definition) is 4. The zero-order valence-electron chi connectivity index (χ0n) is 10.8. The summed E-state index contributed by atoms with van der Waals surface area (Å²) in [5, 5.41) is 4.91. The van der Waals surface area contributed by atoms with Crippen molar-refractivity contribution in [2.24, 2.45) is 16.5 Å². The van der Waals surface area contributed by atoms with Crippen molar-refractivity contribution in [2.75, 3.05) is 11.9 Å². The van der Waals surface area contributed by atoms with Gasteiger partial charge in [-0.05, 0) is 18.2 Å². The van der Waals surface area contributed by atoms with E-state index in [1.165, 1.54) is 25.1 Å². The van der Waals surface area contributed by atoms with Crippen LogP contribution in [0, 0.1) is 0 Å². The van der Waals surface area contributed by atoms with Gasteiger partial charge in [0, 0.05) is 18.2 Å². The van der Waals surface area contributed by atoms with Crippen molar-refractivity contribution < 1.29 is 14.4 Å². The predicted octanol–water partition coefficient (Wildman–Crippen LogP) is -0.521. The Balaban J connectivity index is 3.15. The molecule has 6 N–H and O–H groups in total. The summed E-state index contributed by atoms with van der Waals surface area (Å²) in [5.74, 6) is -0.952. The molecule has 0 radical (unpaired) electrons. The van der Waals surface area contributed by atoms with E-state index in [9.17, 15) is 14.4 Å². The molecule has 20 heavy (non-hydrogen) atoms. The lowest BCUT2D eigenvalue weighted by molar-refractivity contribution is -0.114. The minimum atomic E-state index is -0.476. The van der Waals surface area contributed by atoms with Crippen LogP contribution < -0.4 is 22.1 Å². The summed E-state index contributed by atoms with van der Waals surface area (Å²) in [5.41, 5.74) is 11.5. The van der Waals surface area contributed by atoms with E-state index < -0.39 is 5.91 Å². The first-order valence-electron chi connectivity index (χ1n) is 5.66. The van der Waals surface area contributed by atoms with Crippen molar-refractivity contribution >= 4 is 35.4 Å². The quantitative estimate of drug-likeness (QED) is 0.325. The molecule has 0 aliphatic heterocycles. The molecule has 1 rings (SSSR count). The van der Waals surface area contributed by atoms with Gasteiger partial charge < -0.3 is 26.9 Å². The van der Waals surface area contributed by atoms with Crippen LogP contribution in [0.2, 0.25) is 0 Å². The van der Waals surface area contributed by atoms with Gasteiger partial charge in [0.15, 0.2) is 5.96 Å². The summed E-state index contributed by atoms with van der Waals surface area (Å²) in [6.45, 7) is 1.22. The van der Waals surface area contributed by atoms with E-state index in [0.717, 1.165) is 0 Å². The molecule has 106 valence electrons. The van der Waals surface area contributed by atoms with Crippen molar-refractivity contribution in [3.05, 3.63) is 23.8 Å². The summed E-state index contributed by atoms with van der Waals surface area (Å²) in [4.78, 5) is 36.9. The fraction of sp³-hybridized carbons (Fsp3) is 0.167. The second-order valence-electron chi connectivity index (χ2n) is 3.86. The summed E-state index contributed by atoms with van der Waals surface area (Å²) >= 11 is 0. The van der Waals surface area contributed by atoms with Crippen LogP contribution in [0.3, 0.4) is 0 Å². The first kappa shape index (κ1) is 15.2. The molecule has 0 atom stereocenters. The zero-order valence-corrected chi connectivity index (χ0v) is 10.8. The summed E-state index contributed by atoms with van der Waals surface area (Å²) in [7, 11) is 0. The normalized spacial score (nSPS) is 9.45. The van der Waals surface area contributed by atoms with Crippen LogP contribution >= 0.6 is 0 Å². The number of nitrogens with one attached hydrogen (secondary N) is 2. The van der Waals surface area contributed by atoms with Gasteiger partial charge in [-0.3, -0.25) is 9.59 Å². The van der Waals surface area contributed by atoms with Crippen LogP contribution in [0.25, 0.3) is 0 Å². The van der Waals surface area contributed by atoms with E-state index >= 15 is 0 Å². The molecule has 0 spiro atoms. The van der Waals surface area contributed by atoms with Crippen LogP contribution in [-0.2, 0) is 9.59 Å². The summed E-state index contributed by atoms with van der Waals surface area (Å²) in [6.07, 6.45) is 0.562. The molecule has 0 aliphatic carbocycles. The van der Waals surface area contributed by atoms with Gasteiger partial charge in [-0.25, -0.2) is 4.99 Å². The fourth-order valence-electron chi connectivity index (χ4n) is 1.47. The number of carbonyl (C=O) groups is 3. The Morgan fingerprint density at radius 1 is 1.30 bits per heavy atom. The number of aldehydes is 1. The van der Waals surface area contributed by atoms with Crippen molar-refractivity contribution in [1.82, 2.24) is 5.32 Å². The number of hydrogen-bond acceptors (Lipinski definition) is 4. The lowest BCUT2D eigenvalue weighted by atomic mass is 10.1. The first-order valence-corrected chi connectivity index (χ1v) is 5.66. The molecule has 0 saturated heterocycles. The third-order valence-corrected chi connectivity index (χ3v) is 2.10. The number of amides is 2. The molecule has 0 heterocycles. The number of guanidine groups is 1. The average Bonchev–Trinajstić information content (AvgIpc) is 2.33. The van der Waals surface area contributed by atoms with Crippen molar-refractivity contribution in [3.63, 3.8) is 0 Å². The fourth-order valence-corrected chi connectivity index (χ4v) is 1.47. The smallest absolute Gasteiger partial charge is 0.251 e. The zero-order chi connectivity index (χ0) is 15.1. The molecule has 0 bridgehead atoms. The summed E-state index contributed by atoms with van der Waals surface area (Å²) in [6, 6.07) is 4.40. The average molecular weight is 277 g/mol. The second kappa shape index (κ2) is 6.88. The lowest BCUT2D eigenvalue weighted by Gasteiger charge is -2.08. The molecule has 0 fully saturated rings. The maximum atomic E-state index is 11.8. The standard InChI is InChI=1S/C12H15N5O3/c1-7(19)16-9-4-8(11(20)15-2-3-18)5-10(6-9)17-12(13)14/h3-6H,2H2,1H3,(H,15,20)(H,16,19)(H4,13,14,17). The molecule has 2 amide bonds. The lowest BCUT2D eigenvalue weighted by Crippen LogP contribution is -2.25. The largest absolute Gasteiger partial charge is 0.370 e. The number of anilines is 1. The van der Waals surface area contributed by atoms with Crippen LogP contribution in [0.15, 0.2) is 23.2 Å². The second-order valence-corrected chi connectivity index (χ2v) is 3.86. The Labute approximate surface area is 115 Å². The molecule has 8 nitrogen and oxygen atoms in total. The topological polar surface area (TPSA) is 140 Å². The molecular formula is C12H15N5O3. The van der Waals surface area contributed by atoms with Crippen molar-refractivity contribution in [2.45, 2.75) is 6.92 Å².